The molecule has 3 N–H and O–H groups in total. The number of carbonyl (C=O) groups is 3. The average Bonchev–Trinajstić information content (AvgIpc) is 2.99. The highest BCUT2D eigenvalue weighted by Crippen LogP contribution is 2.35. The smallest absolute Gasteiger partial charge is 0.325 e. The third-order valence-electron chi connectivity index (χ3n) is 5.99. The molecule has 0 radical (unpaired) electrons. The van der Waals surface area contributed by atoms with Crippen molar-refractivity contribution >= 4 is 58.5 Å². The van der Waals surface area contributed by atoms with E-state index in [0.29, 0.717) is 26.7 Å². The van der Waals surface area contributed by atoms with Crippen LogP contribution in [0.4, 0.5) is 24.5 Å². The van der Waals surface area contributed by atoms with Crippen molar-refractivity contribution in [3.63, 3.8) is 0 Å². The molecule has 3 amide bonds. The summed E-state index contributed by atoms with van der Waals surface area (Å²) in [6, 6.07) is 26.5. The Labute approximate surface area is 255 Å². The van der Waals surface area contributed by atoms with Crippen molar-refractivity contribution in [1.82, 2.24) is 5.32 Å². The molecule has 0 aliphatic rings. The maximum atomic E-state index is 13.3. The lowest BCUT2D eigenvalue weighted by Crippen LogP contribution is -2.30. The monoisotopic (exact) mass is 623 g/mol. The lowest BCUT2D eigenvalue weighted by atomic mass is 10.1. The molecule has 0 bridgehead atoms. The lowest BCUT2D eigenvalue weighted by Gasteiger charge is -2.16. The summed E-state index contributed by atoms with van der Waals surface area (Å²) >= 11 is 7.11. The second-order valence-corrected chi connectivity index (χ2v) is 11.1. The largest absolute Gasteiger partial charge is 0.418 e. The third-order valence-corrected chi connectivity index (χ3v) is 7.36. The van der Waals surface area contributed by atoms with Crippen LogP contribution in [0.15, 0.2) is 114 Å². The number of hydrogen-bond acceptors (Lipinski definition) is 4. The molecule has 43 heavy (non-hydrogen) atoms. The zero-order chi connectivity index (χ0) is 31.0. The van der Waals surface area contributed by atoms with E-state index in [0.717, 1.165) is 17.8 Å². The summed E-state index contributed by atoms with van der Waals surface area (Å²) < 4.78 is 39.8. The van der Waals surface area contributed by atoms with E-state index >= 15 is 0 Å². The van der Waals surface area contributed by atoms with Gasteiger partial charge in [0.2, 0.25) is 5.91 Å². The van der Waals surface area contributed by atoms with Crippen molar-refractivity contribution in [2.45, 2.75) is 23.2 Å². The number of amides is 3. The number of nitrogens with one attached hydrogen (secondary N) is 3. The Kier molecular flexibility index (Phi) is 10.3. The Hall–Kier alpha value is -4.54. The van der Waals surface area contributed by atoms with Crippen molar-refractivity contribution in [1.29, 1.82) is 0 Å². The van der Waals surface area contributed by atoms with E-state index in [1.807, 2.05) is 0 Å². The van der Waals surface area contributed by atoms with Gasteiger partial charge >= 0.3 is 6.18 Å². The number of thioether (sulfide) groups is 1. The summed E-state index contributed by atoms with van der Waals surface area (Å²) in [6.07, 6.45) is -3.08. The number of para-hydroxylation sites is 1. The second-order valence-electron chi connectivity index (χ2n) is 9.20. The number of halogens is 4. The van der Waals surface area contributed by atoms with Gasteiger partial charge in [-0.3, -0.25) is 14.4 Å². The highest BCUT2D eigenvalue weighted by atomic mass is 35.5. The van der Waals surface area contributed by atoms with Crippen LogP contribution in [0.1, 0.15) is 28.4 Å². The van der Waals surface area contributed by atoms with Gasteiger partial charge in [0.15, 0.2) is 0 Å². The standard InChI is InChI=1S/C32H25ClF3N3O3S/c1-20(29(40)38-27-10-6-5-9-26(27)32(34,35)36)43-25-17-15-24(16-18-25)37-31(42)28(19-21-11-13-23(33)14-12-21)39-30(41)22-7-3-2-4-8-22/h2-20H,1H3,(H,37,42)(H,38,40)(H,39,41)/b28-19-. The Morgan fingerprint density at radius 3 is 2.09 bits per heavy atom. The van der Waals surface area contributed by atoms with Gasteiger partial charge in [0, 0.05) is 21.2 Å². The predicted octanol–water partition coefficient (Wildman–Crippen LogP) is 7.89. The SMILES string of the molecule is CC(Sc1ccc(NC(=O)/C(=C/c2ccc(Cl)cc2)NC(=O)c2ccccc2)cc1)C(=O)Nc1ccccc1C(F)(F)F. The minimum atomic E-state index is -4.60. The molecule has 1 unspecified atom stereocenters. The summed E-state index contributed by atoms with van der Waals surface area (Å²) in [6.45, 7) is 1.58. The van der Waals surface area contributed by atoms with Gasteiger partial charge < -0.3 is 16.0 Å². The Morgan fingerprint density at radius 1 is 0.814 bits per heavy atom. The van der Waals surface area contributed by atoms with Crippen LogP contribution in [0.5, 0.6) is 0 Å². The molecule has 0 aromatic heterocycles. The molecule has 0 spiro atoms. The van der Waals surface area contributed by atoms with Crippen LogP contribution >= 0.6 is 23.4 Å². The highest BCUT2D eigenvalue weighted by Gasteiger charge is 2.34. The fourth-order valence-corrected chi connectivity index (χ4v) is 4.81. The van der Waals surface area contributed by atoms with Crippen molar-refractivity contribution in [3.05, 3.63) is 131 Å². The highest BCUT2D eigenvalue weighted by molar-refractivity contribution is 8.00. The zero-order valence-electron chi connectivity index (χ0n) is 22.6. The van der Waals surface area contributed by atoms with Crippen molar-refractivity contribution in [2.75, 3.05) is 10.6 Å². The van der Waals surface area contributed by atoms with Gasteiger partial charge in [-0.05, 0) is 79.2 Å². The molecule has 0 saturated carbocycles. The van der Waals surface area contributed by atoms with E-state index in [2.05, 4.69) is 16.0 Å². The number of carbonyl (C=O) groups excluding carboxylic acids is 3. The van der Waals surface area contributed by atoms with Crippen LogP contribution in [0.2, 0.25) is 5.02 Å². The van der Waals surface area contributed by atoms with Gasteiger partial charge in [-0.2, -0.15) is 13.2 Å². The summed E-state index contributed by atoms with van der Waals surface area (Å²) in [5.74, 6) is -1.63. The number of alkyl halides is 3. The maximum absolute atomic E-state index is 13.3. The van der Waals surface area contributed by atoms with Crippen LogP contribution < -0.4 is 16.0 Å². The van der Waals surface area contributed by atoms with Crippen LogP contribution in [0, 0.1) is 0 Å². The zero-order valence-corrected chi connectivity index (χ0v) is 24.2. The topological polar surface area (TPSA) is 87.3 Å². The van der Waals surface area contributed by atoms with Gasteiger partial charge in [-0.1, -0.05) is 54.1 Å². The first-order valence-electron chi connectivity index (χ1n) is 12.9. The van der Waals surface area contributed by atoms with Crippen molar-refractivity contribution in [2.24, 2.45) is 0 Å². The number of hydrogen-bond donors (Lipinski definition) is 3. The molecule has 0 heterocycles. The van der Waals surface area contributed by atoms with E-state index in [9.17, 15) is 27.6 Å². The number of rotatable bonds is 9. The first kappa shape index (κ1) is 31.4. The molecular weight excluding hydrogens is 599 g/mol. The molecule has 0 aliphatic heterocycles. The van der Waals surface area contributed by atoms with Gasteiger partial charge in [-0.25, -0.2) is 0 Å². The summed E-state index contributed by atoms with van der Waals surface area (Å²) in [7, 11) is 0. The Balaban J connectivity index is 1.43. The molecule has 6 nitrogen and oxygen atoms in total. The van der Waals surface area contributed by atoms with E-state index in [1.165, 1.54) is 24.3 Å². The minimum absolute atomic E-state index is 0.000872. The third kappa shape index (κ3) is 8.97. The molecule has 0 fully saturated rings. The van der Waals surface area contributed by atoms with E-state index in [-0.39, 0.29) is 11.4 Å². The Bertz CT molecular complexity index is 1630. The van der Waals surface area contributed by atoms with E-state index in [1.54, 1.807) is 85.8 Å². The van der Waals surface area contributed by atoms with Gasteiger partial charge in [0.25, 0.3) is 11.8 Å². The quantitative estimate of drug-likeness (QED) is 0.131. The molecule has 1 atom stereocenters. The molecule has 4 aromatic rings. The van der Waals surface area contributed by atoms with Crippen molar-refractivity contribution < 1.29 is 27.6 Å². The molecule has 11 heteroatoms. The Morgan fingerprint density at radius 2 is 1.44 bits per heavy atom. The van der Waals surface area contributed by atoms with Crippen LogP contribution in [-0.2, 0) is 15.8 Å². The maximum Gasteiger partial charge on any atom is 0.418 e. The minimum Gasteiger partial charge on any atom is -0.325 e. The summed E-state index contributed by atoms with van der Waals surface area (Å²) in [4.78, 5) is 39.3. The normalized spacial score (nSPS) is 12.3. The fraction of sp³-hybridized carbons (Fsp3) is 0.0938. The average molecular weight is 624 g/mol. The molecular formula is C32H25ClF3N3O3S. The molecule has 220 valence electrons. The lowest BCUT2D eigenvalue weighted by molar-refractivity contribution is -0.137. The van der Waals surface area contributed by atoms with E-state index in [4.69, 9.17) is 11.6 Å². The van der Waals surface area contributed by atoms with Gasteiger partial charge in [-0.15, -0.1) is 11.8 Å². The van der Waals surface area contributed by atoms with E-state index < -0.39 is 34.7 Å². The van der Waals surface area contributed by atoms with Gasteiger partial charge in [0.1, 0.15) is 5.70 Å². The van der Waals surface area contributed by atoms with Crippen molar-refractivity contribution in [3.8, 4) is 0 Å². The number of anilines is 2. The first-order chi connectivity index (χ1) is 20.5. The van der Waals surface area contributed by atoms with Crippen LogP contribution in [0.25, 0.3) is 6.08 Å². The molecule has 0 saturated heterocycles. The van der Waals surface area contributed by atoms with Crippen LogP contribution in [-0.4, -0.2) is 23.0 Å². The predicted molar refractivity (Wildman–Crippen MR) is 164 cm³/mol. The summed E-state index contributed by atoms with van der Waals surface area (Å²) in [5, 5.41) is 7.56. The second kappa shape index (κ2) is 14.1. The van der Waals surface area contributed by atoms with Crippen LogP contribution in [0.3, 0.4) is 0 Å². The molecule has 4 rings (SSSR count). The molecule has 0 aliphatic carbocycles. The fourth-order valence-electron chi connectivity index (χ4n) is 3.81. The van der Waals surface area contributed by atoms with Gasteiger partial charge in [0.05, 0.1) is 16.5 Å². The molecule has 4 aromatic carbocycles. The number of benzene rings is 4. The summed E-state index contributed by atoms with van der Waals surface area (Å²) in [5.41, 5.74) is 0.191. The first-order valence-corrected chi connectivity index (χ1v) is 14.1.